The van der Waals surface area contributed by atoms with E-state index in [2.05, 4.69) is 21.9 Å². The van der Waals surface area contributed by atoms with Gasteiger partial charge in [0.2, 0.25) is 0 Å². The number of amides is 1. The predicted octanol–water partition coefficient (Wildman–Crippen LogP) is 3.23. The fourth-order valence-electron chi connectivity index (χ4n) is 2.92. The third-order valence-corrected chi connectivity index (χ3v) is 5.66. The summed E-state index contributed by atoms with van der Waals surface area (Å²) in [5.74, 6) is 0.730. The molecule has 0 aliphatic heterocycles. The predicted molar refractivity (Wildman–Crippen MR) is 90.2 cm³/mol. The van der Waals surface area contributed by atoms with Gasteiger partial charge in [0.1, 0.15) is 5.82 Å². The van der Waals surface area contributed by atoms with Gasteiger partial charge in [-0.1, -0.05) is 19.3 Å². The molecule has 116 valence electrons. The van der Waals surface area contributed by atoms with E-state index in [1.807, 2.05) is 31.8 Å². The zero-order valence-electron chi connectivity index (χ0n) is 13.2. The Kier molecular flexibility index (Phi) is 5.51. The van der Waals surface area contributed by atoms with Gasteiger partial charge in [-0.05, 0) is 38.2 Å². The number of aryl methyl sites for hydroxylation is 1. The van der Waals surface area contributed by atoms with Crippen molar-refractivity contribution in [2.75, 3.05) is 25.2 Å². The molecule has 1 aliphatic carbocycles. The molecule has 21 heavy (non-hydrogen) atoms. The van der Waals surface area contributed by atoms with Gasteiger partial charge in [-0.15, -0.1) is 0 Å². The van der Waals surface area contributed by atoms with Crippen LogP contribution in [0.2, 0.25) is 0 Å². The first-order valence-corrected chi connectivity index (χ1v) is 8.81. The largest absolute Gasteiger partial charge is 0.373 e. The maximum Gasteiger partial charge on any atom is 0.251 e. The molecular formula is C16H25N3OS. The first-order chi connectivity index (χ1) is 10.1. The fourth-order valence-corrected chi connectivity index (χ4v) is 3.83. The first-order valence-electron chi connectivity index (χ1n) is 7.58. The molecule has 0 radical (unpaired) electrons. The van der Waals surface area contributed by atoms with Gasteiger partial charge >= 0.3 is 0 Å². The highest BCUT2D eigenvalue weighted by molar-refractivity contribution is 8.00. The normalized spacial score (nSPS) is 17.3. The topological polar surface area (TPSA) is 54.0 Å². The molecule has 1 aromatic heterocycles. The molecule has 0 bridgehead atoms. The van der Waals surface area contributed by atoms with Crippen LogP contribution in [0.25, 0.3) is 0 Å². The van der Waals surface area contributed by atoms with E-state index in [1.165, 1.54) is 32.1 Å². The van der Waals surface area contributed by atoms with Crippen molar-refractivity contribution < 1.29 is 4.79 Å². The zero-order chi connectivity index (χ0) is 15.3. The number of carbonyl (C=O) groups excluding carboxylic acids is 1. The summed E-state index contributed by atoms with van der Waals surface area (Å²) in [6, 6.07) is 3.64. The average molecular weight is 307 g/mol. The zero-order valence-corrected chi connectivity index (χ0v) is 14.0. The van der Waals surface area contributed by atoms with Gasteiger partial charge in [-0.2, -0.15) is 11.8 Å². The second-order valence-corrected chi connectivity index (χ2v) is 7.04. The highest BCUT2D eigenvalue weighted by atomic mass is 32.2. The number of anilines is 1. The lowest BCUT2D eigenvalue weighted by molar-refractivity contribution is 0.0946. The summed E-state index contributed by atoms with van der Waals surface area (Å²) in [6.07, 6.45) is 8.43. The van der Waals surface area contributed by atoms with Gasteiger partial charge < -0.3 is 10.6 Å². The molecule has 0 atom stereocenters. The molecule has 4 nitrogen and oxygen atoms in total. The van der Waals surface area contributed by atoms with E-state index in [4.69, 9.17) is 0 Å². The maximum atomic E-state index is 12.4. The Morgan fingerprint density at radius 2 is 2.05 bits per heavy atom. The fraction of sp³-hybridized carbons (Fsp3) is 0.625. The standard InChI is InChI=1S/C16H25N3OS/c1-12-9-13(10-14(17-2)19-12)15(20)18-11-16(21-3)7-5-4-6-8-16/h9-10H,4-8,11H2,1-3H3,(H,17,19)(H,18,20). The van der Waals surface area contributed by atoms with Crippen LogP contribution in [-0.4, -0.2) is 35.5 Å². The number of nitrogens with one attached hydrogen (secondary N) is 2. The Bertz CT molecular complexity index is 498. The summed E-state index contributed by atoms with van der Waals surface area (Å²) >= 11 is 1.90. The van der Waals surface area contributed by atoms with Crippen LogP contribution in [-0.2, 0) is 0 Å². The van der Waals surface area contributed by atoms with Crippen molar-refractivity contribution >= 4 is 23.5 Å². The minimum atomic E-state index is -0.00371. The maximum absolute atomic E-state index is 12.4. The summed E-state index contributed by atoms with van der Waals surface area (Å²) in [4.78, 5) is 16.7. The van der Waals surface area contributed by atoms with Gasteiger partial charge in [-0.3, -0.25) is 4.79 Å². The molecule has 0 aromatic carbocycles. The van der Waals surface area contributed by atoms with Crippen molar-refractivity contribution in [3.05, 3.63) is 23.4 Å². The third-order valence-electron chi connectivity index (χ3n) is 4.24. The van der Waals surface area contributed by atoms with Gasteiger partial charge in [0, 0.05) is 29.6 Å². The van der Waals surface area contributed by atoms with Crippen LogP contribution in [0.5, 0.6) is 0 Å². The third kappa shape index (κ3) is 4.13. The molecular weight excluding hydrogens is 282 g/mol. The molecule has 1 fully saturated rings. The highest BCUT2D eigenvalue weighted by Gasteiger charge is 2.31. The molecule has 1 aromatic rings. The van der Waals surface area contributed by atoms with Crippen molar-refractivity contribution in [1.29, 1.82) is 0 Å². The molecule has 1 amide bonds. The van der Waals surface area contributed by atoms with Crippen LogP contribution in [0.4, 0.5) is 5.82 Å². The van der Waals surface area contributed by atoms with E-state index in [9.17, 15) is 4.79 Å². The van der Waals surface area contributed by atoms with E-state index in [0.717, 1.165) is 18.1 Å². The minimum absolute atomic E-state index is 0.00371. The van der Waals surface area contributed by atoms with Gasteiger partial charge in [0.25, 0.3) is 5.91 Å². The van der Waals surface area contributed by atoms with E-state index >= 15 is 0 Å². The number of aromatic nitrogens is 1. The van der Waals surface area contributed by atoms with E-state index in [-0.39, 0.29) is 10.7 Å². The quantitative estimate of drug-likeness (QED) is 0.877. The molecule has 0 spiro atoms. The smallest absolute Gasteiger partial charge is 0.251 e. The van der Waals surface area contributed by atoms with Crippen molar-refractivity contribution in [2.45, 2.75) is 43.8 Å². The second-order valence-electron chi connectivity index (χ2n) is 5.76. The van der Waals surface area contributed by atoms with Crippen molar-refractivity contribution in [3.8, 4) is 0 Å². The lowest BCUT2D eigenvalue weighted by Crippen LogP contribution is -2.41. The van der Waals surface area contributed by atoms with Gasteiger partial charge in [-0.25, -0.2) is 4.98 Å². The number of pyridine rings is 1. The molecule has 0 saturated heterocycles. The molecule has 1 saturated carbocycles. The number of hydrogen-bond donors (Lipinski definition) is 2. The number of nitrogens with zero attached hydrogens (tertiary/aromatic N) is 1. The lowest BCUT2D eigenvalue weighted by atomic mass is 9.88. The summed E-state index contributed by atoms with van der Waals surface area (Å²) < 4.78 is 0.224. The van der Waals surface area contributed by atoms with Crippen molar-refractivity contribution in [1.82, 2.24) is 10.3 Å². The summed E-state index contributed by atoms with van der Waals surface area (Å²) in [5.41, 5.74) is 1.53. The van der Waals surface area contributed by atoms with Crippen LogP contribution >= 0.6 is 11.8 Å². The summed E-state index contributed by atoms with van der Waals surface area (Å²) in [5, 5.41) is 6.12. The Morgan fingerprint density at radius 3 is 2.67 bits per heavy atom. The van der Waals surface area contributed by atoms with E-state index in [0.29, 0.717) is 5.56 Å². The van der Waals surface area contributed by atoms with Crippen molar-refractivity contribution in [3.63, 3.8) is 0 Å². The van der Waals surface area contributed by atoms with Crippen LogP contribution in [0.15, 0.2) is 12.1 Å². The highest BCUT2D eigenvalue weighted by Crippen LogP contribution is 2.37. The van der Waals surface area contributed by atoms with Gasteiger partial charge in [0.05, 0.1) is 0 Å². The number of rotatable bonds is 5. The van der Waals surface area contributed by atoms with Crippen LogP contribution in [0.1, 0.15) is 48.2 Å². The molecule has 5 heteroatoms. The van der Waals surface area contributed by atoms with E-state index in [1.54, 1.807) is 6.07 Å². The molecule has 2 rings (SSSR count). The number of thioether (sulfide) groups is 1. The number of hydrogen-bond acceptors (Lipinski definition) is 4. The second kappa shape index (κ2) is 7.16. The minimum Gasteiger partial charge on any atom is -0.373 e. The van der Waals surface area contributed by atoms with Crippen LogP contribution < -0.4 is 10.6 Å². The lowest BCUT2D eigenvalue weighted by Gasteiger charge is -2.35. The summed E-state index contributed by atoms with van der Waals surface area (Å²) in [6.45, 7) is 2.66. The van der Waals surface area contributed by atoms with Gasteiger partial charge in [0.15, 0.2) is 0 Å². The first kappa shape index (κ1) is 16.1. The van der Waals surface area contributed by atoms with Crippen LogP contribution in [0, 0.1) is 6.92 Å². The molecule has 2 N–H and O–H groups in total. The SMILES string of the molecule is CNc1cc(C(=O)NCC2(SC)CCCCC2)cc(C)n1. The van der Waals surface area contributed by atoms with Crippen molar-refractivity contribution in [2.24, 2.45) is 0 Å². The molecule has 1 aliphatic rings. The monoisotopic (exact) mass is 307 g/mol. The summed E-state index contributed by atoms with van der Waals surface area (Å²) in [7, 11) is 1.81. The molecule has 1 heterocycles. The Hall–Kier alpha value is -1.23. The average Bonchev–Trinajstić information content (AvgIpc) is 2.52. The number of carbonyl (C=O) groups is 1. The van der Waals surface area contributed by atoms with Crippen LogP contribution in [0.3, 0.4) is 0 Å². The Labute approximate surface area is 131 Å². The molecule has 0 unspecified atom stereocenters. The van der Waals surface area contributed by atoms with E-state index < -0.39 is 0 Å². The Morgan fingerprint density at radius 1 is 1.33 bits per heavy atom. The Balaban J connectivity index is 2.02.